The Bertz CT molecular complexity index is 3540. The van der Waals surface area contributed by atoms with Gasteiger partial charge in [0.2, 0.25) is 5.91 Å². The third kappa shape index (κ3) is 18.7. The normalized spacial score (nSPS) is 20.1. The monoisotopic (exact) mass is 1300 g/mol. The standard InChI is InChI=1S/C63H74N14O17/c78-48(17-7-18-51(81)94-77-49(79)19-20-50(77)80)66-21-2-1-16-46-47-36-73-62(92)44-14-5-10-40(54(44)84)58(88)69-26-30-76(31-27-70-59(89)41-11-6-15-45(55(41)85)63(93)74-46)33-32-75-28-24-67-56(86)38-8-3-12-42(52(38)82)60(90)71-34-37(64-22-23-65-47)35-72-61(91)43-13-4-9-39(53(43)83)57(87)68-25-29-75/h3-6,8-15,46,82-85H,1-2,7,16-36H2,(H,66,78)(H,67,86)(H,68,87)(H,69,88)(H,70,89)(H,71,90)(H,72,91)(H,73,92)(H,74,93)/b65-47-. The Morgan fingerprint density at radius 1 is 0.457 bits per heavy atom. The molecule has 31 heteroatoms. The number of carbonyl (C=O) groups excluding carboxylic acids is 12. The van der Waals surface area contributed by atoms with E-state index in [2.05, 4.69) is 52.8 Å². The number of phenolic OH excluding ortho intramolecular Hbond substituents is 4. The minimum Gasteiger partial charge on any atom is -0.506 e. The third-order valence-corrected chi connectivity index (χ3v) is 15.7. The number of hydroxylamine groups is 2. The van der Waals surface area contributed by atoms with Gasteiger partial charge in [0.25, 0.3) is 59.1 Å². The lowest BCUT2D eigenvalue weighted by Crippen LogP contribution is -2.46. The number of nitrogens with zero attached hydrogens (tertiary/aromatic N) is 5. The molecule has 13 N–H and O–H groups in total. The van der Waals surface area contributed by atoms with Crippen molar-refractivity contribution >= 4 is 82.4 Å². The Balaban J connectivity index is 1.16. The molecule has 498 valence electrons. The number of phenols is 4. The molecule has 4 aromatic rings. The number of unbranched alkanes of at least 4 members (excludes halogenated alkanes) is 1. The van der Waals surface area contributed by atoms with Crippen LogP contribution in [0.4, 0.5) is 0 Å². The molecule has 4 aromatic carbocycles. The largest absolute Gasteiger partial charge is 0.506 e. The predicted octanol–water partition coefficient (Wildman–Crippen LogP) is -0.593. The molecule has 6 aliphatic rings. The van der Waals surface area contributed by atoms with Crippen molar-refractivity contribution in [2.75, 3.05) is 105 Å². The van der Waals surface area contributed by atoms with Gasteiger partial charge in [0.05, 0.1) is 94.7 Å². The molecule has 94 heavy (non-hydrogen) atoms. The minimum atomic E-state index is -1.13. The van der Waals surface area contributed by atoms with Gasteiger partial charge in [-0.3, -0.25) is 72.5 Å². The molecule has 1 saturated heterocycles. The molecule has 6 aliphatic heterocycles. The topological polar surface area (TPSA) is 438 Å². The van der Waals surface area contributed by atoms with E-state index in [9.17, 15) is 78.0 Å². The second-order valence-electron chi connectivity index (χ2n) is 22.2. The van der Waals surface area contributed by atoms with Crippen LogP contribution in [-0.4, -0.2) is 228 Å². The van der Waals surface area contributed by atoms with Crippen LogP contribution >= 0.6 is 0 Å². The number of amides is 11. The van der Waals surface area contributed by atoms with Crippen molar-refractivity contribution in [1.29, 1.82) is 0 Å². The molecular weight excluding hydrogens is 1220 g/mol. The van der Waals surface area contributed by atoms with Crippen molar-refractivity contribution in [3.05, 3.63) is 117 Å². The summed E-state index contributed by atoms with van der Waals surface area (Å²) in [5.41, 5.74) is -1.95. The molecule has 2 atom stereocenters. The summed E-state index contributed by atoms with van der Waals surface area (Å²) < 4.78 is 0. The summed E-state index contributed by atoms with van der Waals surface area (Å²) in [6.45, 7) is -0.860. The molecule has 0 aliphatic carbocycles. The van der Waals surface area contributed by atoms with Gasteiger partial charge in [-0.05, 0) is 74.2 Å². The van der Waals surface area contributed by atoms with E-state index in [4.69, 9.17) is 9.83 Å². The molecule has 2 unspecified atom stereocenters. The predicted molar refractivity (Wildman–Crippen MR) is 335 cm³/mol. The summed E-state index contributed by atoms with van der Waals surface area (Å²) in [6.07, 6.45) is 0.0116. The van der Waals surface area contributed by atoms with Crippen molar-refractivity contribution < 1.29 is 82.8 Å². The number of benzene rings is 4. The van der Waals surface area contributed by atoms with Gasteiger partial charge in [0.1, 0.15) is 23.0 Å². The van der Waals surface area contributed by atoms with E-state index in [0.717, 1.165) is 0 Å². The summed E-state index contributed by atoms with van der Waals surface area (Å²) in [5.74, 6) is -11.6. The fourth-order valence-electron chi connectivity index (χ4n) is 10.5. The SMILES string of the molecule is O=C(CCCC(=O)ON1C(=O)CCC1=O)NCCCCC1NC(=O)c2cccc(c2O)C(=O)NCCN2CCNC(=O)c3cccc(c3O)C(=O)NC/C1=N/CCN=C1CNC(=O)c3cccc(c3O)C(=O)NCCN(CCNC(=O)c3cccc(c3O)C(=O)NC1)CC2. The maximum Gasteiger partial charge on any atom is 0.333 e. The lowest BCUT2D eigenvalue weighted by molar-refractivity contribution is -0.197. The Labute approximate surface area is 538 Å². The third-order valence-electron chi connectivity index (χ3n) is 15.7. The fourth-order valence-corrected chi connectivity index (χ4v) is 10.5. The summed E-state index contributed by atoms with van der Waals surface area (Å²) in [5, 5.41) is 71.2. The molecule has 31 nitrogen and oxygen atoms in total. The number of para-hydroxylation sites is 4. The molecule has 0 spiro atoms. The molecule has 0 radical (unpaired) electrons. The number of aromatic hydroxyl groups is 4. The number of hydrogen-bond acceptors (Lipinski definition) is 21. The molecule has 0 saturated carbocycles. The van der Waals surface area contributed by atoms with E-state index in [1.165, 1.54) is 72.8 Å². The lowest BCUT2D eigenvalue weighted by atomic mass is 10.0. The maximum atomic E-state index is 14.6. The van der Waals surface area contributed by atoms with E-state index in [-0.39, 0.29) is 192 Å². The zero-order valence-electron chi connectivity index (χ0n) is 51.3. The number of fused-ring (bicyclic) bond motifs is 10. The summed E-state index contributed by atoms with van der Waals surface area (Å²) in [7, 11) is 0. The van der Waals surface area contributed by atoms with E-state index in [0.29, 0.717) is 5.06 Å². The van der Waals surface area contributed by atoms with Crippen molar-refractivity contribution in [3.63, 3.8) is 0 Å². The Morgan fingerprint density at radius 2 is 0.830 bits per heavy atom. The Kier molecular flexibility index (Phi) is 24.6. The average molecular weight is 1300 g/mol. The average Bonchev–Trinajstić information content (AvgIpc) is 1.15. The number of imide groups is 1. The second-order valence-corrected chi connectivity index (χ2v) is 22.2. The van der Waals surface area contributed by atoms with E-state index < -0.39 is 120 Å². The molecule has 11 amide bonds. The first-order valence-corrected chi connectivity index (χ1v) is 30.7. The lowest BCUT2D eigenvalue weighted by Gasteiger charge is -2.28. The molecular formula is C63H74N14O17. The highest BCUT2D eigenvalue weighted by Gasteiger charge is 2.33. The van der Waals surface area contributed by atoms with Crippen LogP contribution in [0.3, 0.4) is 0 Å². The highest BCUT2D eigenvalue weighted by atomic mass is 16.7. The van der Waals surface area contributed by atoms with E-state index in [1.807, 2.05) is 9.80 Å². The zero-order valence-corrected chi connectivity index (χ0v) is 51.3. The van der Waals surface area contributed by atoms with Crippen LogP contribution in [-0.2, 0) is 24.0 Å². The van der Waals surface area contributed by atoms with Crippen LogP contribution < -0.4 is 47.9 Å². The first kappa shape index (κ1) is 69.1. The highest BCUT2D eigenvalue weighted by Crippen LogP contribution is 2.27. The van der Waals surface area contributed by atoms with E-state index in [1.54, 1.807) is 0 Å². The molecule has 0 aromatic heterocycles. The first-order chi connectivity index (χ1) is 45.3. The van der Waals surface area contributed by atoms with Crippen molar-refractivity contribution in [3.8, 4) is 23.0 Å². The summed E-state index contributed by atoms with van der Waals surface area (Å²) in [6, 6.07) is 14.9. The van der Waals surface area contributed by atoms with Crippen molar-refractivity contribution in [1.82, 2.24) is 62.7 Å². The number of carbonyl (C=O) groups is 12. The number of rotatable bonds is 10. The van der Waals surface area contributed by atoms with Gasteiger partial charge in [-0.1, -0.05) is 24.3 Å². The van der Waals surface area contributed by atoms with Gasteiger partial charge in [-0.25, -0.2) is 4.79 Å². The maximum absolute atomic E-state index is 14.6. The van der Waals surface area contributed by atoms with Gasteiger partial charge in [0.15, 0.2) is 0 Å². The first-order valence-electron chi connectivity index (χ1n) is 30.7. The van der Waals surface area contributed by atoms with Crippen LogP contribution in [0, 0.1) is 0 Å². The van der Waals surface area contributed by atoms with Crippen LogP contribution in [0.1, 0.15) is 134 Å². The number of aliphatic imine (C=N–C) groups is 2. The molecule has 10 rings (SSSR count). The zero-order chi connectivity index (χ0) is 67.3. The fraction of sp³-hybridized carbons (Fsp3) is 0.397. The van der Waals surface area contributed by atoms with Gasteiger partial charge in [-0.15, -0.1) is 5.06 Å². The van der Waals surface area contributed by atoms with Crippen LogP contribution in [0.25, 0.3) is 0 Å². The smallest absolute Gasteiger partial charge is 0.333 e. The minimum absolute atomic E-state index is 0.0230. The van der Waals surface area contributed by atoms with Crippen molar-refractivity contribution in [2.24, 2.45) is 9.98 Å². The molecule has 1 fully saturated rings. The van der Waals surface area contributed by atoms with Gasteiger partial charge < -0.3 is 73.1 Å². The highest BCUT2D eigenvalue weighted by molar-refractivity contribution is 6.09. The van der Waals surface area contributed by atoms with Crippen molar-refractivity contribution in [2.45, 2.75) is 57.4 Å². The second kappa shape index (κ2) is 33.5. The van der Waals surface area contributed by atoms with Crippen LogP contribution in [0.5, 0.6) is 23.0 Å². The Hall–Kier alpha value is -10.8. The number of hydrogen-bond donors (Lipinski definition) is 13. The van der Waals surface area contributed by atoms with Gasteiger partial charge in [0, 0.05) is 97.7 Å². The van der Waals surface area contributed by atoms with Gasteiger partial charge in [-0.2, -0.15) is 0 Å². The molecule has 6 heterocycles. The van der Waals surface area contributed by atoms with E-state index >= 15 is 0 Å². The van der Waals surface area contributed by atoms with Crippen LogP contribution in [0.2, 0.25) is 0 Å². The summed E-state index contributed by atoms with van der Waals surface area (Å²) in [4.78, 5) is 179. The quantitative estimate of drug-likeness (QED) is 0.0697. The molecule has 12 bridgehead atoms. The Morgan fingerprint density at radius 3 is 1.24 bits per heavy atom. The number of nitrogens with one attached hydrogen (secondary N) is 9. The summed E-state index contributed by atoms with van der Waals surface area (Å²) >= 11 is 0. The van der Waals surface area contributed by atoms with Crippen LogP contribution in [0.15, 0.2) is 82.8 Å². The van der Waals surface area contributed by atoms with Gasteiger partial charge >= 0.3 is 5.97 Å².